The number of ether oxygens (including phenoxy) is 3. The first-order valence-corrected chi connectivity index (χ1v) is 17.0. The Balaban J connectivity index is 1.14. The largest absolute Gasteiger partial charge is 0.495 e. The lowest BCUT2D eigenvalue weighted by Gasteiger charge is -2.43. The molecule has 2 aromatic carbocycles. The van der Waals surface area contributed by atoms with Gasteiger partial charge in [0.2, 0.25) is 0 Å². The van der Waals surface area contributed by atoms with E-state index in [0.717, 1.165) is 73.0 Å². The number of alkyl halides is 2. The van der Waals surface area contributed by atoms with Gasteiger partial charge in [0.25, 0.3) is 5.92 Å². The number of aromatic nitrogens is 2. The van der Waals surface area contributed by atoms with Crippen LogP contribution in [0.15, 0.2) is 54.7 Å². The van der Waals surface area contributed by atoms with Crippen molar-refractivity contribution in [1.82, 2.24) is 14.9 Å². The summed E-state index contributed by atoms with van der Waals surface area (Å²) in [5.74, 6) is -4.46. The molecule has 46 heavy (non-hydrogen) atoms. The zero-order chi connectivity index (χ0) is 32.1. The van der Waals surface area contributed by atoms with Gasteiger partial charge in [-0.25, -0.2) is 17.2 Å². The zero-order valence-corrected chi connectivity index (χ0v) is 26.0. The van der Waals surface area contributed by atoms with Gasteiger partial charge in [-0.2, -0.15) is 5.26 Å². The first-order chi connectivity index (χ1) is 22.1. The minimum absolute atomic E-state index is 0.0252. The summed E-state index contributed by atoms with van der Waals surface area (Å²) < 4.78 is 69.3. The number of piperazine rings is 1. The van der Waals surface area contributed by atoms with Crippen LogP contribution in [0.3, 0.4) is 0 Å². The summed E-state index contributed by atoms with van der Waals surface area (Å²) in [5, 5.41) is 10.7. The van der Waals surface area contributed by atoms with Crippen LogP contribution in [0.25, 0.3) is 33.4 Å². The standard InChI is InChI=1S/C33H33F2N5O5S/c1-43-30-15-21(2-4-28(30)40-11-9-39(10-12-40)24-18-44-19-24)27-16-25-26(38-27)6-8-37-32(25)22-3-5-29(23(14-22)17-36)45-31-7-13-46(41,42)20-33(31,34)35/h2-6,8,14-16,24,31,38H,7,9-13,18-20H2,1H3. The first-order valence-electron chi connectivity index (χ1n) is 15.2. The normalized spacial score (nSPS) is 21.4. The van der Waals surface area contributed by atoms with E-state index in [1.165, 1.54) is 6.07 Å². The Kier molecular flexibility index (Phi) is 7.83. The molecule has 240 valence electrons. The van der Waals surface area contributed by atoms with Gasteiger partial charge >= 0.3 is 0 Å². The topological polar surface area (TPSA) is 121 Å². The molecule has 0 saturated carbocycles. The fourth-order valence-corrected chi connectivity index (χ4v) is 7.92. The van der Waals surface area contributed by atoms with Crippen LogP contribution in [0.5, 0.6) is 11.5 Å². The molecule has 0 amide bonds. The molecular weight excluding hydrogens is 616 g/mol. The average molecular weight is 650 g/mol. The average Bonchev–Trinajstić information content (AvgIpc) is 3.46. The van der Waals surface area contributed by atoms with Gasteiger partial charge in [-0.15, -0.1) is 0 Å². The van der Waals surface area contributed by atoms with Crippen molar-refractivity contribution in [1.29, 1.82) is 5.26 Å². The van der Waals surface area contributed by atoms with Crippen LogP contribution in [0.2, 0.25) is 0 Å². The molecular formula is C33H33F2N5O5S. The van der Waals surface area contributed by atoms with E-state index in [9.17, 15) is 22.5 Å². The Morgan fingerprint density at radius 3 is 2.52 bits per heavy atom. The second-order valence-corrected chi connectivity index (χ2v) is 14.2. The third-order valence-electron chi connectivity index (χ3n) is 9.05. The number of nitriles is 1. The van der Waals surface area contributed by atoms with E-state index in [1.807, 2.05) is 24.3 Å². The highest BCUT2D eigenvalue weighted by Crippen LogP contribution is 2.38. The van der Waals surface area contributed by atoms with Crippen LogP contribution >= 0.6 is 0 Å². The molecule has 1 atom stereocenters. The fraction of sp³-hybridized carbons (Fsp3) is 0.394. The van der Waals surface area contributed by atoms with Crippen LogP contribution in [0.1, 0.15) is 12.0 Å². The summed E-state index contributed by atoms with van der Waals surface area (Å²) in [6.07, 6.45) is -0.331. The van der Waals surface area contributed by atoms with Crippen molar-refractivity contribution in [2.24, 2.45) is 0 Å². The molecule has 2 aromatic heterocycles. The number of hydrogen-bond acceptors (Lipinski definition) is 9. The van der Waals surface area contributed by atoms with Crippen LogP contribution in [-0.4, -0.2) is 99.4 Å². The predicted octanol–water partition coefficient (Wildman–Crippen LogP) is 4.50. The maximum absolute atomic E-state index is 14.5. The van der Waals surface area contributed by atoms with E-state index < -0.39 is 33.4 Å². The summed E-state index contributed by atoms with van der Waals surface area (Å²) in [5.41, 5.74) is 4.95. The van der Waals surface area contributed by atoms with Crippen molar-refractivity contribution in [2.75, 3.05) is 62.9 Å². The van der Waals surface area contributed by atoms with Gasteiger partial charge in [0.05, 0.1) is 49.1 Å². The van der Waals surface area contributed by atoms with Gasteiger partial charge in [0, 0.05) is 66.5 Å². The third kappa shape index (κ3) is 5.77. The number of anilines is 1. The molecule has 3 aliphatic rings. The van der Waals surface area contributed by atoms with Gasteiger partial charge in [-0.3, -0.25) is 9.88 Å². The molecule has 0 bridgehead atoms. The molecule has 0 spiro atoms. The van der Waals surface area contributed by atoms with Crippen molar-refractivity contribution in [3.63, 3.8) is 0 Å². The molecule has 3 fully saturated rings. The van der Waals surface area contributed by atoms with E-state index in [4.69, 9.17) is 14.2 Å². The Hall–Kier alpha value is -4.25. The smallest absolute Gasteiger partial charge is 0.297 e. The number of benzene rings is 2. The molecule has 5 heterocycles. The second kappa shape index (κ2) is 11.8. The minimum atomic E-state index is -3.85. The highest BCUT2D eigenvalue weighted by molar-refractivity contribution is 7.91. The number of aromatic amines is 1. The molecule has 13 heteroatoms. The summed E-state index contributed by atoms with van der Waals surface area (Å²) in [6, 6.07) is 17.3. The van der Waals surface area contributed by atoms with E-state index in [1.54, 1.807) is 25.4 Å². The second-order valence-electron chi connectivity index (χ2n) is 12.0. The number of pyridine rings is 1. The number of nitrogens with one attached hydrogen (secondary N) is 1. The van der Waals surface area contributed by atoms with Gasteiger partial charge < -0.3 is 24.1 Å². The lowest BCUT2D eigenvalue weighted by Crippen LogP contribution is -2.56. The first kappa shape index (κ1) is 30.4. The number of hydrogen-bond donors (Lipinski definition) is 1. The predicted molar refractivity (Wildman–Crippen MR) is 169 cm³/mol. The van der Waals surface area contributed by atoms with E-state index >= 15 is 0 Å². The number of halogens is 2. The van der Waals surface area contributed by atoms with Crippen molar-refractivity contribution >= 4 is 26.4 Å². The summed E-state index contributed by atoms with van der Waals surface area (Å²) in [7, 11) is -2.17. The maximum atomic E-state index is 14.5. The Labute approximate surface area is 265 Å². The van der Waals surface area contributed by atoms with E-state index in [2.05, 4.69) is 31.9 Å². The van der Waals surface area contributed by atoms with Crippen LogP contribution in [-0.2, 0) is 14.6 Å². The van der Waals surface area contributed by atoms with Crippen molar-refractivity contribution < 1.29 is 31.4 Å². The van der Waals surface area contributed by atoms with Gasteiger partial charge in [-0.05, 0) is 42.5 Å². The summed E-state index contributed by atoms with van der Waals surface area (Å²) in [4.78, 5) is 12.9. The quantitative estimate of drug-likeness (QED) is 0.309. The number of methoxy groups -OCH3 is 1. The number of fused-ring (bicyclic) bond motifs is 1. The van der Waals surface area contributed by atoms with E-state index in [-0.39, 0.29) is 17.7 Å². The molecule has 7 rings (SSSR count). The van der Waals surface area contributed by atoms with Crippen LogP contribution < -0.4 is 14.4 Å². The SMILES string of the molecule is COc1cc(-c2cc3c(-c4ccc(OC5CCS(=O)(=O)CC5(F)F)c(C#N)c4)nccc3[nH]2)ccc1N1CCN(C2COC2)CC1. The molecule has 10 nitrogen and oxygen atoms in total. The molecule has 4 aromatic rings. The summed E-state index contributed by atoms with van der Waals surface area (Å²) in [6.45, 7) is 5.41. The van der Waals surface area contributed by atoms with Crippen molar-refractivity contribution in [3.05, 3.63) is 60.3 Å². The molecule has 1 N–H and O–H groups in total. The molecule has 1 unspecified atom stereocenters. The Morgan fingerprint density at radius 2 is 1.83 bits per heavy atom. The molecule has 3 aliphatic heterocycles. The Bertz CT molecular complexity index is 1930. The lowest BCUT2D eigenvalue weighted by atomic mass is 10.0. The molecule has 0 aliphatic carbocycles. The van der Waals surface area contributed by atoms with Crippen LogP contribution in [0, 0.1) is 11.3 Å². The molecule has 3 saturated heterocycles. The Morgan fingerprint density at radius 1 is 1.04 bits per heavy atom. The van der Waals surface area contributed by atoms with E-state index in [0.29, 0.717) is 17.3 Å². The fourth-order valence-electron chi connectivity index (χ4n) is 6.43. The van der Waals surface area contributed by atoms with Crippen molar-refractivity contribution in [2.45, 2.75) is 24.5 Å². The maximum Gasteiger partial charge on any atom is 0.297 e. The highest BCUT2D eigenvalue weighted by atomic mass is 32.2. The molecule has 0 radical (unpaired) electrons. The van der Waals surface area contributed by atoms with Crippen molar-refractivity contribution in [3.8, 4) is 40.1 Å². The minimum Gasteiger partial charge on any atom is -0.495 e. The number of nitrogens with zero attached hydrogens (tertiary/aromatic N) is 4. The zero-order valence-electron chi connectivity index (χ0n) is 25.2. The van der Waals surface area contributed by atoms with Gasteiger partial charge in [0.15, 0.2) is 15.9 Å². The number of sulfone groups is 1. The highest BCUT2D eigenvalue weighted by Gasteiger charge is 2.49. The van der Waals surface area contributed by atoms with Gasteiger partial charge in [0.1, 0.15) is 23.3 Å². The number of H-pyrrole nitrogens is 1. The van der Waals surface area contributed by atoms with Crippen LogP contribution in [0.4, 0.5) is 14.5 Å². The summed E-state index contributed by atoms with van der Waals surface area (Å²) >= 11 is 0. The number of rotatable bonds is 7. The van der Waals surface area contributed by atoms with Gasteiger partial charge in [-0.1, -0.05) is 6.07 Å². The monoisotopic (exact) mass is 649 g/mol. The third-order valence-corrected chi connectivity index (χ3v) is 10.7. The lowest BCUT2D eigenvalue weighted by molar-refractivity contribution is -0.0819.